The fraction of sp³-hybridized carbons (Fsp3) is 0.357. The van der Waals surface area contributed by atoms with Gasteiger partial charge in [0.1, 0.15) is 5.75 Å². The Hall–Kier alpha value is -2.99. The van der Waals surface area contributed by atoms with Crippen molar-refractivity contribution in [2.45, 2.75) is 37.0 Å². The van der Waals surface area contributed by atoms with E-state index in [1.54, 1.807) is 21.3 Å². The third-order valence-corrected chi connectivity index (χ3v) is 7.44. The van der Waals surface area contributed by atoms with Crippen LogP contribution in [0.5, 0.6) is 23.0 Å². The number of ether oxygens (including phenoxy) is 4. The predicted octanol–water partition coefficient (Wildman–Crippen LogP) is 6.66. The van der Waals surface area contributed by atoms with Crippen molar-refractivity contribution in [3.05, 3.63) is 71.3 Å². The monoisotopic (exact) mass is 479 g/mol. The SMILES string of the molecule is CCOc1ccc2c(c1)SC(c1cc(OC)c(OC)c(OC)c1)CCN2Cc1ccc(C)cc1. The van der Waals surface area contributed by atoms with E-state index in [1.807, 2.05) is 18.7 Å². The zero-order chi connectivity index (χ0) is 24.1. The van der Waals surface area contributed by atoms with E-state index in [4.69, 9.17) is 18.9 Å². The molecule has 1 atom stereocenters. The Kier molecular flexibility index (Phi) is 7.78. The highest BCUT2D eigenvalue weighted by atomic mass is 32.2. The third-order valence-electron chi connectivity index (χ3n) is 6.07. The van der Waals surface area contributed by atoms with Crippen LogP contribution in [-0.4, -0.2) is 34.5 Å². The number of thioether (sulfide) groups is 1. The standard InChI is InChI=1S/C28H33NO4S/c1-6-33-22-11-12-23-27(17-22)34-26(13-14-29(23)18-20-9-7-19(2)8-10-20)21-15-24(30-3)28(32-5)25(16-21)31-4/h7-12,15-17,26H,6,13-14,18H2,1-5H3. The summed E-state index contributed by atoms with van der Waals surface area (Å²) in [5.74, 6) is 2.88. The molecule has 1 heterocycles. The predicted molar refractivity (Wildman–Crippen MR) is 139 cm³/mol. The molecule has 1 unspecified atom stereocenters. The van der Waals surface area contributed by atoms with Gasteiger partial charge in [0, 0.05) is 23.2 Å². The average molecular weight is 480 g/mol. The molecule has 0 bridgehead atoms. The smallest absolute Gasteiger partial charge is 0.203 e. The van der Waals surface area contributed by atoms with E-state index >= 15 is 0 Å². The number of fused-ring (bicyclic) bond motifs is 1. The maximum absolute atomic E-state index is 5.84. The van der Waals surface area contributed by atoms with Gasteiger partial charge >= 0.3 is 0 Å². The molecule has 0 spiro atoms. The molecule has 0 aromatic heterocycles. The lowest BCUT2D eigenvalue weighted by Crippen LogP contribution is -2.24. The van der Waals surface area contributed by atoms with Crippen LogP contribution >= 0.6 is 11.8 Å². The second-order valence-corrected chi connectivity index (χ2v) is 9.57. The minimum Gasteiger partial charge on any atom is -0.494 e. The van der Waals surface area contributed by atoms with Crippen molar-refractivity contribution in [2.24, 2.45) is 0 Å². The highest BCUT2D eigenvalue weighted by molar-refractivity contribution is 7.99. The van der Waals surface area contributed by atoms with E-state index in [-0.39, 0.29) is 5.25 Å². The van der Waals surface area contributed by atoms with Crippen molar-refractivity contribution in [1.29, 1.82) is 0 Å². The Bertz CT molecular complexity index is 1090. The van der Waals surface area contributed by atoms with Gasteiger partial charge in [-0.05, 0) is 61.7 Å². The van der Waals surface area contributed by atoms with Gasteiger partial charge < -0.3 is 23.8 Å². The molecule has 4 rings (SSSR count). The lowest BCUT2D eigenvalue weighted by Gasteiger charge is -2.25. The van der Waals surface area contributed by atoms with Crippen molar-refractivity contribution in [3.8, 4) is 23.0 Å². The fourth-order valence-corrected chi connectivity index (χ4v) is 5.62. The summed E-state index contributed by atoms with van der Waals surface area (Å²) in [5.41, 5.74) is 4.98. The summed E-state index contributed by atoms with van der Waals surface area (Å²) >= 11 is 1.87. The van der Waals surface area contributed by atoms with Crippen LogP contribution in [0.25, 0.3) is 0 Å². The van der Waals surface area contributed by atoms with Gasteiger partial charge in [-0.2, -0.15) is 0 Å². The van der Waals surface area contributed by atoms with Crippen LogP contribution in [0.1, 0.15) is 35.3 Å². The maximum atomic E-state index is 5.84. The van der Waals surface area contributed by atoms with Crippen LogP contribution in [0.2, 0.25) is 0 Å². The summed E-state index contributed by atoms with van der Waals surface area (Å²) in [6.45, 7) is 6.58. The molecule has 5 nitrogen and oxygen atoms in total. The first-order valence-corrected chi connectivity index (χ1v) is 12.5. The number of anilines is 1. The fourth-order valence-electron chi connectivity index (χ4n) is 4.31. The van der Waals surface area contributed by atoms with Crippen LogP contribution in [0, 0.1) is 6.92 Å². The normalized spacial score (nSPS) is 15.3. The Balaban J connectivity index is 1.71. The molecule has 0 radical (unpaired) electrons. The van der Waals surface area contributed by atoms with Crippen molar-refractivity contribution in [3.63, 3.8) is 0 Å². The molecule has 34 heavy (non-hydrogen) atoms. The van der Waals surface area contributed by atoms with E-state index in [1.165, 1.54) is 21.7 Å². The molecular formula is C28H33NO4S. The van der Waals surface area contributed by atoms with Gasteiger partial charge in [-0.3, -0.25) is 0 Å². The molecule has 0 N–H and O–H groups in total. The summed E-state index contributed by atoms with van der Waals surface area (Å²) in [6.07, 6.45) is 0.980. The molecule has 0 fully saturated rings. The highest BCUT2D eigenvalue weighted by Crippen LogP contribution is 2.49. The van der Waals surface area contributed by atoms with Crippen LogP contribution in [0.3, 0.4) is 0 Å². The molecular weight excluding hydrogens is 446 g/mol. The molecule has 0 aliphatic carbocycles. The van der Waals surface area contributed by atoms with Gasteiger partial charge in [-0.25, -0.2) is 0 Å². The van der Waals surface area contributed by atoms with E-state index in [0.29, 0.717) is 23.9 Å². The molecule has 0 saturated carbocycles. The molecule has 6 heteroatoms. The van der Waals surface area contributed by atoms with Crippen LogP contribution in [0.15, 0.2) is 59.5 Å². The Labute approximate surface area is 207 Å². The molecule has 180 valence electrons. The number of aryl methyl sites for hydroxylation is 1. The van der Waals surface area contributed by atoms with E-state index < -0.39 is 0 Å². The minimum atomic E-state index is 0.229. The molecule has 3 aromatic rings. The molecule has 1 aliphatic heterocycles. The third kappa shape index (κ3) is 5.22. The lowest BCUT2D eigenvalue weighted by atomic mass is 10.1. The lowest BCUT2D eigenvalue weighted by molar-refractivity contribution is 0.323. The van der Waals surface area contributed by atoms with Gasteiger partial charge in [-0.1, -0.05) is 29.8 Å². The van der Waals surface area contributed by atoms with Gasteiger partial charge in [0.2, 0.25) is 5.75 Å². The largest absolute Gasteiger partial charge is 0.494 e. The first kappa shape index (κ1) is 24.1. The van der Waals surface area contributed by atoms with E-state index in [2.05, 4.69) is 66.4 Å². The highest BCUT2D eigenvalue weighted by Gasteiger charge is 2.26. The maximum Gasteiger partial charge on any atom is 0.203 e. The average Bonchev–Trinajstić information content (AvgIpc) is 3.03. The van der Waals surface area contributed by atoms with Crippen LogP contribution < -0.4 is 23.8 Å². The first-order valence-electron chi connectivity index (χ1n) is 11.6. The second kappa shape index (κ2) is 11.0. The van der Waals surface area contributed by atoms with Crippen molar-refractivity contribution in [1.82, 2.24) is 0 Å². The molecule has 3 aromatic carbocycles. The van der Waals surface area contributed by atoms with Gasteiger partial charge in [0.25, 0.3) is 0 Å². The van der Waals surface area contributed by atoms with E-state index in [0.717, 1.165) is 30.8 Å². The van der Waals surface area contributed by atoms with Crippen LogP contribution in [0.4, 0.5) is 5.69 Å². The quantitative estimate of drug-likeness (QED) is 0.360. The first-order chi connectivity index (χ1) is 16.6. The second-order valence-electron chi connectivity index (χ2n) is 8.32. The topological polar surface area (TPSA) is 40.2 Å². The van der Waals surface area contributed by atoms with Crippen molar-refractivity contribution >= 4 is 17.4 Å². The van der Waals surface area contributed by atoms with Gasteiger partial charge in [0.15, 0.2) is 11.5 Å². The Morgan fingerprint density at radius 1 is 0.912 bits per heavy atom. The van der Waals surface area contributed by atoms with Crippen LogP contribution in [-0.2, 0) is 6.54 Å². The number of hydrogen-bond acceptors (Lipinski definition) is 6. The molecule has 0 saturated heterocycles. The Morgan fingerprint density at radius 3 is 2.24 bits per heavy atom. The van der Waals surface area contributed by atoms with Gasteiger partial charge in [0.05, 0.1) is 33.6 Å². The minimum absolute atomic E-state index is 0.229. The van der Waals surface area contributed by atoms with Gasteiger partial charge in [-0.15, -0.1) is 11.8 Å². The summed E-state index contributed by atoms with van der Waals surface area (Å²) in [5, 5.41) is 0.229. The molecule has 1 aliphatic rings. The number of benzene rings is 3. The number of rotatable bonds is 8. The van der Waals surface area contributed by atoms with E-state index in [9.17, 15) is 0 Å². The number of methoxy groups -OCH3 is 3. The molecule has 0 amide bonds. The van der Waals surface area contributed by atoms with Crippen molar-refractivity contribution < 1.29 is 18.9 Å². The summed E-state index contributed by atoms with van der Waals surface area (Å²) in [6, 6.07) is 19.4. The van der Waals surface area contributed by atoms with Crippen molar-refractivity contribution in [2.75, 3.05) is 39.4 Å². The Morgan fingerprint density at radius 2 is 1.62 bits per heavy atom. The summed E-state index contributed by atoms with van der Waals surface area (Å²) in [4.78, 5) is 3.69. The zero-order valence-corrected chi connectivity index (χ0v) is 21.4. The summed E-state index contributed by atoms with van der Waals surface area (Å²) in [7, 11) is 4.96. The number of nitrogens with zero attached hydrogens (tertiary/aromatic N) is 1. The number of hydrogen-bond donors (Lipinski definition) is 0. The zero-order valence-electron chi connectivity index (χ0n) is 20.6. The summed E-state index contributed by atoms with van der Waals surface area (Å²) < 4.78 is 22.6.